The Labute approximate surface area is 173 Å². The van der Waals surface area contributed by atoms with Crippen LogP contribution >= 0.6 is 0 Å². The van der Waals surface area contributed by atoms with Gasteiger partial charge < -0.3 is 13.9 Å². The smallest absolute Gasteiger partial charge is 0.234 e. The molecule has 3 aromatic rings. The average Bonchev–Trinajstić information content (AvgIpc) is 3.19. The van der Waals surface area contributed by atoms with Crippen molar-refractivity contribution in [2.45, 2.75) is 18.8 Å². The topological polar surface area (TPSA) is 81.0 Å². The van der Waals surface area contributed by atoms with Crippen molar-refractivity contribution in [3.8, 4) is 5.75 Å². The quantitative estimate of drug-likeness (QED) is 0.654. The largest absolute Gasteiger partial charge is 0.492 e. The molecule has 0 spiro atoms. The number of piperidine rings is 1. The van der Waals surface area contributed by atoms with Crippen molar-refractivity contribution in [3.63, 3.8) is 0 Å². The molecule has 0 saturated carbocycles. The van der Waals surface area contributed by atoms with Gasteiger partial charge in [0.1, 0.15) is 17.9 Å². The predicted molar refractivity (Wildman–Crippen MR) is 112 cm³/mol. The van der Waals surface area contributed by atoms with E-state index in [0.717, 1.165) is 65.9 Å². The minimum Gasteiger partial charge on any atom is -0.492 e. The molecule has 30 heavy (non-hydrogen) atoms. The second-order valence-electron chi connectivity index (χ2n) is 7.79. The summed E-state index contributed by atoms with van der Waals surface area (Å²) in [4.78, 5) is 26.3. The molecule has 3 heterocycles. The van der Waals surface area contributed by atoms with E-state index in [1.54, 1.807) is 6.26 Å². The van der Waals surface area contributed by atoms with Gasteiger partial charge in [-0.3, -0.25) is 19.8 Å². The van der Waals surface area contributed by atoms with E-state index >= 15 is 0 Å². The van der Waals surface area contributed by atoms with E-state index < -0.39 is 0 Å². The van der Waals surface area contributed by atoms with E-state index in [4.69, 9.17) is 13.9 Å². The van der Waals surface area contributed by atoms with Crippen LogP contribution in [-0.4, -0.2) is 56.2 Å². The molecule has 1 atom stereocenters. The SMILES string of the molecule is O=C1CC[C@@H](c2coc3ccc4c(OCCN5CCOCC5)cccc4c23)C(=O)N1. The maximum Gasteiger partial charge on any atom is 0.234 e. The summed E-state index contributed by atoms with van der Waals surface area (Å²) in [5, 5.41) is 5.34. The summed E-state index contributed by atoms with van der Waals surface area (Å²) in [6, 6.07) is 9.88. The van der Waals surface area contributed by atoms with Crippen molar-refractivity contribution in [3.05, 3.63) is 42.2 Å². The van der Waals surface area contributed by atoms with Crippen molar-refractivity contribution in [2.24, 2.45) is 0 Å². The Hall–Kier alpha value is -2.90. The summed E-state index contributed by atoms with van der Waals surface area (Å²) in [6.07, 6.45) is 2.48. The van der Waals surface area contributed by atoms with Gasteiger partial charge in [-0.1, -0.05) is 12.1 Å². The number of amides is 2. The Morgan fingerprint density at radius 2 is 1.97 bits per heavy atom. The first-order valence-electron chi connectivity index (χ1n) is 10.4. The lowest BCUT2D eigenvalue weighted by Gasteiger charge is -2.26. The predicted octanol–water partition coefficient (Wildman–Crippen LogP) is 2.82. The molecule has 0 unspecified atom stereocenters. The Kier molecular flexibility index (Phi) is 5.14. The first-order valence-corrected chi connectivity index (χ1v) is 10.4. The molecule has 1 N–H and O–H groups in total. The molecule has 2 aliphatic heterocycles. The van der Waals surface area contributed by atoms with Crippen LogP contribution in [0.25, 0.3) is 21.7 Å². The van der Waals surface area contributed by atoms with Crippen LogP contribution < -0.4 is 10.1 Å². The highest BCUT2D eigenvalue weighted by Gasteiger charge is 2.31. The van der Waals surface area contributed by atoms with E-state index in [1.165, 1.54) is 0 Å². The number of carbonyl (C=O) groups excluding carboxylic acids is 2. The van der Waals surface area contributed by atoms with E-state index in [0.29, 0.717) is 19.4 Å². The average molecular weight is 408 g/mol. The normalized spacial score (nSPS) is 20.6. The highest BCUT2D eigenvalue weighted by atomic mass is 16.5. The van der Waals surface area contributed by atoms with Gasteiger partial charge in [-0.15, -0.1) is 0 Å². The van der Waals surface area contributed by atoms with E-state index in [1.807, 2.05) is 30.3 Å². The number of imide groups is 1. The highest BCUT2D eigenvalue weighted by molar-refractivity contribution is 6.12. The molecule has 2 amide bonds. The number of hydrogen-bond donors (Lipinski definition) is 1. The van der Waals surface area contributed by atoms with Gasteiger partial charge in [0.2, 0.25) is 11.8 Å². The van der Waals surface area contributed by atoms with Crippen LogP contribution in [0, 0.1) is 0 Å². The summed E-state index contributed by atoms with van der Waals surface area (Å²) >= 11 is 0. The molecule has 0 aliphatic carbocycles. The Bertz CT molecular complexity index is 1100. The third kappa shape index (κ3) is 3.55. The number of carbonyl (C=O) groups is 2. The monoisotopic (exact) mass is 408 g/mol. The zero-order valence-corrected chi connectivity index (χ0v) is 16.7. The molecular weight excluding hydrogens is 384 g/mol. The van der Waals surface area contributed by atoms with Gasteiger partial charge in [0.05, 0.1) is 25.4 Å². The molecule has 7 nitrogen and oxygen atoms in total. The molecule has 2 fully saturated rings. The lowest BCUT2D eigenvalue weighted by molar-refractivity contribution is -0.134. The van der Waals surface area contributed by atoms with Crippen LogP contribution in [0.3, 0.4) is 0 Å². The first-order chi connectivity index (χ1) is 14.7. The summed E-state index contributed by atoms with van der Waals surface area (Å²) in [6.45, 7) is 4.87. The van der Waals surface area contributed by atoms with Crippen molar-refractivity contribution in [1.82, 2.24) is 10.2 Å². The zero-order chi connectivity index (χ0) is 20.5. The van der Waals surface area contributed by atoms with Crippen molar-refractivity contribution >= 4 is 33.6 Å². The van der Waals surface area contributed by atoms with Crippen LogP contribution in [0.2, 0.25) is 0 Å². The summed E-state index contributed by atoms with van der Waals surface area (Å²) in [7, 11) is 0. The number of ether oxygens (including phenoxy) is 2. The fraction of sp³-hybridized carbons (Fsp3) is 0.391. The molecule has 2 saturated heterocycles. The highest BCUT2D eigenvalue weighted by Crippen LogP contribution is 2.39. The molecule has 2 aliphatic rings. The van der Waals surface area contributed by atoms with Gasteiger partial charge >= 0.3 is 0 Å². The van der Waals surface area contributed by atoms with E-state index in [9.17, 15) is 9.59 Å². The Morgan fingerprint density at radius 1 is 1.10 bits per heavy atom. The van der Waals surface area contributed by atoms with Gasteiger partial charge in [-0.2, -0.15) is 0 Å². The van der Waals surface area contributed by atoms with Crippen molar-refractivity contribution in [2.75, 3.05) is 39.5 Å². The first kappa shape index (κ1) is 19.1. The van der Waals surface area contributed by atoms with Gasteiger partial charge in [0.15, 0.2) is 0 Å². The standard InChI is InChI=1S/C23H24N2O5/c26-21-7-5-17(23(27)24-21)18-14-30-20-6-4-15-16(22(18)20)2-1-3-19(15)29-13-10-25-8-11-28-12-9-25/h1-4,6,14,17H,5,7-13H2,(H,24,26,27)/t17-/m0/s1. The maximum atomic E-state index is 12.4. The fourth-order valence-electron chi connectivity index (χ4n) is 4.37. The van der Waals surface area contributed by atoms with Gasteiger partial charge in [-0.05, 0) is 30.0 Å². The van der Waals surface area contributed by atoms with Gasteiger partial charge in [0, 0.05) is 42.4 Å². The number of nitrogens with zero attached hydrogens (tertiary/aromatic N) is 1. The molecule has 0 bridgehead atoms. The van der Waals surface area contributed by atoms with Crippen LogP contribution in [0.15, 0.2) is 41.0 Å². The fourth-order valence-corrected chi connectivity index (χ4v) is 4.37. The zero-order valence-electron chi connectivity index (χ0n) is 16.7. The number of furan rings is 1. The third-order valence-electron chi connectivity index (χ3n) is 5.97. The van der Waals surface area contributed by atoms with Crippen molar-refractivity contribution in [1.29, 1.82) is 0 Å². The second-order valence-corrected chi connectivity index (χ2v) is 7.79. The number of fused-ring (bicyclic) bond motifs is 3. The van der Waals surface area contributed by atoms with Crippen LogP contribution in [0.5, 0.6) is 5.75 Å². The Morgan fingerprint density at radius 3 is 2.80 bits per heavy atom. The Balaban J connectivity index is 1.45. The molecule has 5 rings (SSSR count). The molecule has 156 valence electrons. The molecular formula is C23H24N2O5. The summed E-state index contributed by atoms with van der Waals surface area (Å²) in [5.41, 5.74) is 1.55. The molecule has 1 aromatic heterocycles. The van der Waals surface area contributed by atoms with Crippen LogP contribution in [-0.2, 0) is 14.3 Å². The van der Waals surface area contributed by atoms with Crippen LogP contribution in [0.1, 0.15) is 24.3 Å². The minimum atomic E-state index is -0.388. The van der Waals surface area contributed by atoms with Gasteiger partial charge in [0.25, 0.3) is 0 Å². The van der Waals surface area contributed by atoms with E-state index in [-0.39, 0.29) is 17.7 Å². The second kappa shape index (κ2) is 8.08. The number of nitrogens with one attached hydrogen (secondary N) is 1. The number of hydrogen-bond acceptors (Lipinski definition) is 6. The lowest BCUT2D eigenvalue weighted by Crippen LogP contribution is -2.39. The summed E-state index contributed by atoms with van der Waals surface area (Å²) in [5.74, 6) is -0.0488. The van der Waals surface area contributed by atoms with E-state index in [2.05, 4.69) is 10.2 Å². The lowest BCUT2D eigenvalue weighted by atomic mass is 9.89. The molecule has 0 radical (unpaired) electrons. The maximum absolute atomic E-state index is 12.4. The summed E-state index contributed by atoms with van der Waals surface area (Å²) < 4.78 is 17.3. The van der Waals surface area contributed by atoms with Crippen molar-refractivity contribution < 1.29 is 23.5 Å². The molecule has 7 heteroatoms. The third-order valence-corrected chi connectivity index (χ3v) is 5.97. The molecule has 2 aromatic carbocycles. The minimum absolute atomic E-state index is 0.218. The van der Waals surface area contributed by atoms with Crippen LogP contribution in [0.4, 0.5) is 0 Å². The number of benzene rings is 2. The number of morpholine rings is 1. The number of rotatable bonds is 5. The van der Waals surface area contributed by atoms with Gasteiger partial charge in [-0.25, -0.2) is 0 Å².